The average Bonchev–Trinajstić information content (AvgIpc) is 2.85. The number of hydrogen-bond acceptors (Lipinski definition) is 4. The normalized spacial score (nSPS) is 17.8. The topological polar surface area (TPSA) is 52.0 Å². The SMILES string of the molecule is Cn1cnc(CNCC2CCOc3ccccc32)n1. The minimum atomic E-state index is 0.508. The summed E-state index contributed by atoms with van der Waals surface area (Å²) < 4.78 is 7.39. The summed E-state index contributed by atoms with van der Waals surface area (Å²) in [5.74, 6) is 2.37. The van der Waals surface area contributed by atoms with Crippen LogP contribution >= 0.6 is 0 Å². The zero-order valence-electron chi connectivity index (χ0n) is 11.0. The fourth-order valence-electron chi connectivity index (χ4n) is 2.45. The van der Waals surface area contributed by atoms with Gasteiger partial charge in [-0.05, 0) is 18.1 Å². The molecule has 19 heavy (non-hydrogen) atoms. The number of aryl methyl sites for hydroxylation is 1. The fourth-order valence-corrected chi connectivity index (χ4v) is 2.45. The predicted molar refractivity (Wildman–Crippen MR) is 72.0 cm³/mol. The number of fused-ring (bicyclic) bond motifs is 1. The van der Waals surface area contributed by atoms with Gasteiger partial charge in [-0.25, -0.2) is 4.98 Å². The first-order valence-corrected chi connectivity index (χ1v) is 6.60. The largest absolute Gasteiger partial charge is 0.493 e. The van der Waals surface area contributed by atoms with Crippen LogP contribution in [-0.4, -0.2) is 27.9 Å². The summed E-state index contributed by atoms with van der Waals surface area (Å²) in [5, 5.41) is 7.69. The van der Waals surface area contributed by atoms with Gasteiger partial charge in [-0.15, -0.1) is 0 Å². The Morgan fingerprint density at radius 3 is 3.16 bits per heavy atom. The van der Waals surface area contributed by atoms with Crippen LogP contribution in [0.2, 0.25) is 0 Å². The second kappa shape index (κ2) is 5.40. The molecule has 0 aliphatic carbocycles. The molecule has 0 saturated carbocycles. The van der Waals surface area contributed by atoms with Gasteiger partial charge in [-0.2, -0.15) is 5.10 Å². The molecule has 1 N–H and O–H groups in total. The van der Waals surface area contributed by atoms with Crippen molar-refractivity contribution in [2.24, 2.45) is 7.05 Å². The average molecular weight is 258 g/mol. The van der Waals surface area contributed by atoms with Crippen LogP contribution in [-0.2, 0) is 13.6 Å². The maximum Gasteiger partial charge on any atom is 0.164 e. The summed E-state index contributed by atoms with van der Waals surface area (Å²) >= 11 is 0. The zero-order chi connectivity index (χ0) is 13.1. The molecule has 0 saturated heterocycles. The predicted octanol–water partition coefficient (Wildman–Crippen LogP) is 1.47. The highest BCUT2D eigenvalue weighted by molar-refractivity contribution is 5.37. The van der Waals surface area contributed by atoms with Crippen molar-refractivity contribution in [3.63, 3.8) is 0 Å². The van der Waals surface area contributed by atoms with Crippen molar-refractivity contribution in [1.82, 2.24) is 20.1 Å². The number of para-hydroxylation sites is 1. The highest BCUT2D eigenvalue weighted by Gasteiger charge is 2.20. The zero-order valence-corrected chi connectivity index (χ0v) is 11.0. The van der Waals surface area contributed by atoms with E-state index in [0.717, 1.165) is 31.1 Å². The molecule has 2 heterocycles. The lowest BCUT2D eigenvalue weighted by Crippen LogP contribution is -2.26. The Balaban J connectivity index is 1.59. The lowest BCUT2D eigenvalue weighted by molar-refractivity contribution is 0.264. The molecule has 0 spiro atoms. The Labute approximate surface area is 112 Å². The van der Waals surface area contributed by atoms with Crippen molar-refractivity contribution >= 4 is 0 Å². The number of ether oxygens (including phenoxy) is 1. The van der Waals surface area contributed by atoms with Gasteiger partial charge in [-0.3, -0.25) is 4.68 Å². The van der Waals surface area contributed by atoms with Crippen molar-refractivity contribution in [3.8, 4) is 5.75 Å². The maximum atomic E-state index is 5.67. The van der Waals surface area contributed by atoms with Crippen LogP contribution in [0.15, 0.2) is 30.6 Å². The number of nitrogens with one attached hydrogen (secondary N) is 1. The van der Waals surface area contributed by atoms with Crippen molar-refractivity contribution < 1.29 is 4.74 Å². The van der Waals surface area contributed by atoms with Gasteiger partial charge in [0.25, 0.3) is 0 Å². The molecule has 1 unspecified atom stereocenters. The molecule has 5 heteroatoms. The van der Waals surface area contributed by atoms with Gasteiger partial charge in [0.2, 0.25) is 0 Å². The fraction of sp³-hybridized carbons (Fsp3) is 0.429. The number of hydrogen-bond donors (Lipinski definition) is 1. The molecule has 0 bridgehead atoms. The third-order valence-electron chi connectivity index (χ3n) is 3.40. The first kappa shape index (κ1) is 12.2. The van der Waals surface area contributed by atoms with Crippen LogP contribution in [0.1, 0.15) is 23.7 Å². The van der Waals surface area contributed by atoms with Gasteiger partial charge in [0.15, 0.2) is 5.82 Å². The highest BCUT2D eigenvalue weighted by Crippen LogP contribution is 2.32. The van der Waals surface area contributed by atoms with Crippen LogP contribution in [0, 0.1) is 0 Å². The molecule has 100 valence electrons. The van der Waals surface area contributed by atoms with Crippen molar-refractivity contribution in [3.05, 3.63) is 42.0 Å². The molecule has 0 fully saturated rings. The van der Waals surface area contributed by atoms with Crippen LogP contribution in [0.4, 0.5) is 0 Å². The van der Waals surface area contributed by atoms with Crippen molar-refractivity contribution in [2.75, 3.05) is 13.2 Å². The number of benzene rings is 1. The number of aromatic nitrogens is 3. The Kier molecular flexibility index (Phi) is 3.46. The summed E-state index contributed by atoms with van der Waals surface area (Å²) in [6.45, 7) is 2.43. The third kappa shape index (κ3) is 2.76. The van der Waals surface area contributed by atoms with Crippen molar-refractivity contribution in [1.29, 1.82) is 0 Å². The van der Waals surface area contributed by atoms with E-state index in [2.05, 4.69) is 27.5 Å². The van der Waals surface area contributed by atoms with E-state index in [1.165, 1.54) is 5.56 Å². The van der Waals surface area contributed by atoms with E-state index in [1.807, 2.05) is 19.2 Å². The van der Waals surface area contributed by atoms with E-state index < -0.39 is 0 Å². The quantitative estimate of drug-likeness (QED) is 0.902. The van der Waals surface area contributed by atoms with Gasteiger partial charge in [0.05, 0.1) is 13.2 Å². The highest BCUT2D eigenvalue weighted by atomic mass is 16.5. The minimum absolute atomic E-state index is 0.508. The molecule has 2 aromatic rings. The standard InChI is InChI=1S/C14H18N4O/c1-18-10-16-14(17-18)9-15-8-11-6-7-19-13-5-3-2-4-12(11)13/h2-5,10-11,15H,6-9H2,1H3. The maximum absolute atomic E-state index is 5.67. The van der Waals surface area contributed by atoms with E-state index in [-0.39, 0.29) is 0 Å². The molecule has 0 radical (unpaired) electrons. The summed E-state index contributed by atoms with van der Waals surface area (Å²) in [7, 11) is 1.88. The smallest absolute Gasteiger partial charge is 0.164 e. The molecule has 1 atom stereocenters. The Morgan fingerprint density at radius 1 is 1.42 bits per heavy atom. The summed E-state index contributed by atoms with van der Waals surface area (Å²) in [6, 6.07) is 8.29. The van der Waals surface area contributed by atoms with E-state index >= 15 is 0 Å². The molecule has 1 aromatic heterocycles. The Hall–Kier alpha value is -1.88. The van der Waals surface area contributed by atoms with Crippen LogP contribution in [0.3, 0.4) is 0 Å². The molecular weight excluding hydrogens is 240 g/mol. The van der Waals surface area contributed by atoms with Gasteiger partial charge in [0.1, 0.15) is 12.1 Å². The second-order valence-corrected chi connectivity index (χ2v) is 4.84. The van der Waals surface area contributed by atoms with Gasteiger partial charge >= 0.3 is 0 Å². The minimum Gasteiger partial charge on any atom is -0.493 e. The van der Waals surface area contributed by atoms with Crippen LogP contribution in [0.5, 0.6) is 5.75 Å². The summed E-state index contributed by atoms with van der Waals surface area (Å²) in [6.07, 6.45) is 2.78. The van der Waals surface area contributed by atoms with E-state index in [1.54, 1.807) is 11.0 Å². The third-order valence-corrected chi connectivity index (χ3v) is 3.40. The molecule has 1 aliphatic heterocycles. The lowest BCUT2D eigenvalue weighted by Gasteiger charge is -2.25. The summed E-state index contributed by atoms with van der Waals surface area (Å²) in [4.78, 5) is 4.21. The van der Waals surface area contributed by atoms with Gasteiger partial charge in [0, 0.05) is 19.5 Å². The molecular formula is C14H18N4O. The van der Waals surface area contributed by atoms with E-state index in [4.69, 9.17) is 4.74 Å². The summed E-state index contributed by atoms with van der Waals surface area (Å²) in [5.41, 5.74) is 1.30. The van der Waals surface area contributed by atoms with E-state index in [9.17, 15) is 0 Å². The first-order chi connectivity index (χ1) is 9.33. The second-order valence-electron chi connectivity index (χ2n) is 4.84. The lowest BCUT2D eigenvalue weighted by atomic mass is 9.93. The van der Waals surface area contributed by atoms with Crippen LogP contribution < -0.4 is 10.1 Å². The number of nitrogens with zero attached hydrogens (tertiary/aromatic N) is 3. The van der Waals surface area contributed by atoms with Gasteiger partial charge < -0.3 is 10.1 Å². The molecule has 1 aliphatic rings. The molecule has 5 nitrogen and oxygen atoms in total. The number of rotatable bonds is 4. The van der Waals surface area contributed by atoms with Gasteiger partial charge in [-0.1, -0.05) is 18.2 Å². The van der Waals surface area contributed by atoms with E-state index in [0.29, 0.717) is 12.5 Å². The Morgan fingerprint density at radius 2 is 2.32 bits per heavy atom. The molecule has 1 aromatic carbocycles. The monoisotopic (exact) mass is 258 g/mol. The van der Waals surface area contributed by atoms with Crippen molar-refractivity contribution in [2.45, 2.75) is 18.9 Å². The molecule has 3 rings (SSSR count). The molecule has 0 amide bonds. The first-order valence-electron chi connectivity index (χ1n) is 6.60. The Bertz CT molecular complexity index is 552. The van der Waals surface area contributed by atoms with Crippen LogP contribution in [0.25, 0.3) is 0 Å².